The molecule has 0 aromatic heterocycles. The standard InChI is InChI=1S/C17H28O3/c1-2-13-4-9-17(10-5-13,15(18)19)14-6-11-20-16(12-14)7-3-8-16/h13-14H,2-12H2,1H3,(H,18,19). The van der Waals surface area contributed by atoms with Gasteiger partial charge in [-0.1, -0.05) is 13.3 Å². The van der Waals surface area contributed by atoms with Crippen LogP contribution in [0.4, 0.5) is 0 Å². The van der Waals surface area contributed by atoms with Gasteiger partial charge in [-0.15, -0.1) is 0 Å². The van der Waals surface area contributed by atoms with Gasteiger partial charge in [-0.2, -0.15) is 0 Å². The minimum Gasteiger partial charge on any atom is -0.481 e. The van der Waals surface area contributed by atoms with Gasteiger partial charge in [-0.05, 0) is 69.6 Å². The lowest BCUT2D eigenvalue weighted by Crippen LogP contribution is -2.52. The van der Waals surface area contributed by atoms with Crippen LogP contribution in [0.3, 0.4) is 0 Å². The van der Waals surface area contributed by atoms with Gasteiger partial charge in [0.2, 0.25) is 0 Å². The molecule has 0 amide bonds. The van der Waals surface area contributed by atoms with E-state index >= 15 is 0 Å². The van der Waals surface area contributed by atoms with Crippen molar-refractivity contribution in [1.82, 2.24) is 0 Å². The van der Waals surface area contributed by atoms with Crippen molar-refractivity contribution in [2.75, 3.05) is 6.61 Å². The highest BCUT2D eigenvalue weighted by molar-refractivity contribution is 5.75. The minimum absolute atomic E-state index is 0.0625. The molecule has 2 aliphatic carbocycles. The lowest BCUT2D eigenvalue weighted by Gasteiger charge is -2.52. The van der Waals surface area contributed by atoms with Crippen molar-refractivity contribution in [1.29, 1.82) is 0 Å². The molecule has 114 valence electrons. The fourth-order valence-electron chi connectivity index (χ4n) is 4.82. The molecule has 1 aliphatic heterocycles. The number of hydrogen-bond donors (Lipinski definition) is 1. The molecule has 3 fully saturated rings. The maximum Gasteiger partial charge on any atom is 0.309 e. The second-order valence-corrected chi connectivity index (χ2v) is 7.39. The average molecular weight is 280 g/mol. The van der Waals surface area contributed by atoms with Crippen LogP contribution >= 0.6 is 0 Å². The molecule has 3 heteroatoms. The Morgan fingerprint density at radius 3 is 2.40 bits per heavy atom. The van der Waals surface area contributed by atoms with E-state index < -0.39 is 11.4 Å². The van der Waals surface area contributed by atoms with Crippen LogP contribution in [-0.4, -0.2) is 23.3 Å². The minimum atomic E-state index is -0.534. The van der Waals surface area contributed by atoms with E-state index in [2.05, 4.69) is 6.92 Å². The monoisotopic (exact) mass is 280 g/mol. The van der Waals surface area contributed by atoms with Crippen molar-refractivity contribution in [2.45, 2.75) is 76.7 Å². The molecule has 0 aromatic rings. The van der Waals surface area contributed by atoms with E-state index in [4.69, 9.17) is 4.74 Å². The molecule has 0 bridgehead atoms. The van der Waals surface area contributed by atoms with Crippen molar-refractivity contribution in [3.8, 4) is 0 Å². The van der Waals surface area contributed by atoms with Crippen LogP contribution in [0.25, 0.3) is 0 Å². The van der Waals surface area contributed by atoms with Gasteiger partial charge in [-0.3, -0.25) is 4.79 Å². The number of rotatable bonds is 3. The van der Waals surface area contributed by atoms with Crippen LogP contribution in [0.2, 0.25) is 0 Å². The highest BCUT2D eigenvalue weighted by atomic mass is 16.5. The number of carboxylic acid groups (broad SMARTS) is 1. The summed E-state index contributed by atoms with van der Waals surface area (Å²) in [6.45, 7) is 3.01. The molecule has 1 heterocycles. The summed E-state index contributed by atoms with van der Waals surface area (Å²) in [4.78, 5) is 12.0. The van der Waals surface area contributed by atoms with Crippen LogP contribution in [0.1, 0.15) is 71.1 Å². The molecule has 0 aromatic carbocycles. The van der Waals surface area contributed by atoms with Crippen LogP contribution in [0.15, 0.2) is 0 Å². The number of carbonyl (C=O) groups is 1. The zero-order valence-electron chi connectivity index (χ0n) is 12.7. The fourth-order valence-corrected chi connectivity index (χ4v) is 4.82. The second-order valence-electron chi connectivity index (χ2n) is 7.39. The van der Waals surface area contributed by atoms with Crippen LogP contribution in [-0.2, 0) is 9.53 Å². The third kappa shape index (κ3) is 2.28. The predicted molar refractivity (Wildman–Crippen MR) is 77.6 cm³/mol. The van der Waals surface area contributed by atoms with Gasteiger partial charge in [0.25, 0.3) is 0 Å². The molecule has 1 N–H and O–H groups in total. The summed E-state index contributed by atoms with van der Waals surface area (Å²) in [5, 5.41) is 9.92. The molecular formula is C17H28O3. The van der Waals surface area contributed by atoms with E-state index in [1.165, 1.54) is 12.8 Å². The SMILES string of the molecule is CCC1CCC(C(=O)O)(C2CCOC3(CCC3)C2)CC1. The third-order valence-corrected chi connectivity index (χ3v) is 6.54. The Kier molecular flexibility index (Phi) is 3.83. The largest absolute Gasteiger partial charge is 0.481 e. The first kappa shape index (κ1) is 14.4. The zero-order chi connectivity index (χ0) is 14.2. The van der Waals surface area contributed by atoms with Crippen LogP contribution in [0, 0.1) is 17.3 Å². The smallest absolute Gasteiger partial charge is 0.309 e. The molecule has 3 rings (SSSR count). The predicted octanol–water partition coefficient (Wildman–Crippen LogP) is 4.01. The summed E-state index contributed by atoms with van der Waals surface area (Å²) in [6.07, 6.45) is 10.7. The molecule has 1 spiro atoms. The van der Waals surface area contributed by atoms with Gasteiger partial charge in [0.1, 0.15) is 0 Å². The molecule has 1 atom stereocenters. The summed E-state index contributed by atoms with van der Waals surface area (Å²) in [5.41, 5.74) is -0.384. The molecule has 20 heavy (non-hydrogen) atoms. The first-order valence-corrected chi connectivity index (χ1v) is 8.48. The number of hydrogen-bond acceptors (Lipinski definition) is 2. The van der Waals surface area contributed by atoms with Gasteiger partial charge in [0.15, 0.2) is 0 Å². The summed E-state index contributed by atoms with van der Waals surface area (Å²) in [7, 11) is 0. The van der Waals surface area contributed by atoms with E-state index in [1.54, 1.807) is 0 Å². The summed E-state index contributed by atoms with van der Waals surface area (Å²) < 4.78 is 6.00. The molecule has 2 saturated carbocycles. The summed E-state index contributed by atoms with van der Waals surface area (Å²) in [6, 6.07) is 0. The van der Waals surface area contributed by atoms with Crippen LogP contribution in [0.5, 0.6) is 0 Å². The molecule has 3 nitrogen and oxygen atoms in total. The Morgan fingerprint density at radius 1 is 1.20 bits per heavy atom. The lowest BCUT2D eigenvalue weighted by atomic mass is 9.57. The Labute approximate surface area is 122 Å². The van der Waals surface area contributed by atoms with Crippen molar-refractivity contribution in [3.63, 3.8) is 0 Å². The molecule has 1 saturated heterocycles. The van der Waals surface area contributed by atoms with E-state index in [1.807, 2.05) is 0 Å². The topological polar surface area (TPSA) is 46.5 Å². The van der Waals surface area contributed by atoms with Gasteiger partial charge in [0, 0.05) is 6.61 Å². The molecule has 1 unspecified atom stereocenters. The van der Waals surface area contributed by atoms with E-state index in [-0.39, 0.29) is 5.60 Å². The number of ether oxygens (including phenoxy) is 1. The Hall–Kier alpha value is -0.570. The van der Waals surface area contributed by atoms with Gasteiger partial charge >= 0.3 is 5.97 Å². The van der Waals surface area contributed by atoms with E-state index in [0.717, 1.165) is 63.9 Å². The summed E-state index contributed by atoms with van der Waals surface area (Å²) in [5.74, 6) is 0.556. The first-order valence-electron chi connectivity index (χ1n) is 8.48. The normalized spacial score (nSPS) is 40.2. The Balaban J connectivity index is 1.75. The average Bonchev–Trinajstić information content (AvgIpc) is 2.45. The molecule has 0 radical (unpaired) electrons. The summed E-state index contributed by atoms with van der Waals surface area (Å²) >= 11 is 0. The van der Waals surface area contributed by atoms with Gasteiger partial charge < -0.3 is 9.84 Å². The van der Waals surface area contributed by atoms with Gasteiger partial charge in [-0.25, -0.2) is 0 Å². The quantitative estimate of drug-likeness (QED) is 0.849. The maximum atomic E-state index is 12.0. The number of aliphatic carboxylic acids is 1. The Bertz CT molecular complexity index is 364. The Morgan fingerprint density at radius 2 is 1.90 bits per heavy atom. The molecular weight excluding hydrogens is 252 g/mol. The molecule has 3 aliphatic rings. The van der Waals surface area contributed by atoms with E-state index in [9.17, 15) is 9.90 Å². The number of carboxylic acids is 1. The van der Waals surface area contributed by atoms with Crippen LogP contribution < -0.4 is 0 Å². The van der Waals surface area contributed by atoms with Crippen molar-refractivity contribution >= 4 is 5.97 Å². The third-order valence-electron chi connectivity index (χ3n) is 6.54. The van der Waals surface area contributed by atoms with Crippen molar-refractivity contribution in [3.05, 3.63) is 0 Å². The zero-order valence-corrected chi connectivity index (χ0v) is 12.7. The fraction of sp³-hybridized carbons (Fsp3) is 0.941. The highest BCUT2D eigenvalue weighted by Gasteiger charge is 2.53. The van der Waals surface area contributed by atoms with Gasteiger partial charge in [0.05, 0.1) is 11.0 Å². The highest BCUT2D eigenvalue weighted by Crippen LogP contribution is 2.54. The second kappa shape index (κ2) is 5.32. The van der Waals surface area contributed by atoms with Crippen molar-refractivity contribution in [2.24, 2.45) is 17.3 Å². The van der Waals surface area contributed by atoms with Crippen molar-refractivity contribution < 1.29 is 14.6 Å². The maximum absolute atomic E-state index is 12.0. The lowest BCUT2D eigenvalue weighted by molar-refractivity contribution is -0.181. The first-order chi connectivity index (χ1) is 9.60. The van der Waals surface area contributed by atoms with E-state index in [0.29, 0.717) is 5.92 Å².